The zero-order chi connectivity index (χ0) is 16.6. The lowest BCUT2D eigenvalue weighted by Gasteiger charge is -2.29. The standard InChI is InChI=1S/C18H22N4O.CH4/c1-11(2)12(3)17(23)21-18-20-15-9-8-13(19-4)10-16(15)22(18)14-6-5-7-14;/h8-12,14H,5-7H2,1-3H3,(H,20,21,23);1H4/t12-;/m0./s1. The van der Waals surface area contributed by atoms with Crippen LogP contribution < -0.4 is 5.32 Å². The summed E-state index contributed by atoms with van der Waals surface area (Å²) in [6.07, 6.45) is 3.38. The van der Waals surface area contributed by atoms with Crippen molar-refractivity contribution in [2.45, 2.75) is 53.5 Å². The second-order valence-corrected chi connectivity index (χ2v) is 6.70. The van der Waals surface area contributed by atoms with Crippen LogP contribution in [0.5, 0.6) is 0 Å². The van der Waals surface area contributed by atoms with E-state index in [2.05, 4.69) is 19.7 Å². The number of hydrogen-bond acceptors (Lipinski definition) is 2. The third kappa shape index (κ3) is 3.14. The van der Waals surface area contributed by atoms with Gasteiger partial charge in [0.15, 0.2) is 5.69 Å². The van der Waals surface area contributed by atoms with Crippen molar-refractivity contribution < 1.29 is 4.79 Å². The first-order chi connectivity index (χ1) is 11.0. The normalized spacial score (nSPS) is 15.5. The largest absolute Gasteiger partial charge is 0.308 e. The predicted molar refractivity (Wildman–Crippen MR) is 98.2 cm³/mol. The molecule has 1 heterocycles. The van der Waals surface area contributed by atoms with Crippen molar-refractivity contribution in [2.24, 2.45) is 11.8 Å². The zero-order valence-electron chi connectivity index (χ0n) is 13.8. The van der Waals surface area contributed by atoms with Gasteiger partial charge in [0.2, 0.25) is 11.9 Å². The third-order valence-electron chi connectivity index (χ3n) is 4.89. The van der Waals surface area contributed by atoms with Crippen molar-refractivity contribution in [1.29, 1.82) is 0 Å². The van der Waals surface area contributed by atoms with Crippen LogP contribution in [-0.2, 0) is 4.79 Å². The molecule has 1 amide bonds. The molecule has 1 N–H and O–H groups in total. The number of nitrogens with one attached hydrogen (secondary N) is 1. The molecule has 0 saturated heterocycles. The Labute approximate surface area is 143 Å². The maximum Gasteiger partial charge on any atom is 0.229 e. The van der Waals surface area contributed by atoms with Crippen LogP contribution in [-0.4, -0.2) is 15.5 Å². The summed E-state index contributed by atoms with van der Waals surface area (Å²) in [7, 11) is 0. The number of carbonyl (C=O) groups excluding carboxylic acids is 1. The predicted octanol–water partition coefficient (Wildman–Crippen LogP) is 5.18. The van der Waals surface area contributed by atoms with Gasteiger partial charge < -0.3 is 4.57 Å². The van der Waals surface area contributed by atoms with E-state index in [0.717, 1.165) is 23.9 Å². The highest BCUT2D eigenvalue weighted by Gasteiger charge is 2.26. The topological polar surface area (TPSA) is 51.3 Å². The number of rotatable bonds is 4. The average Bonchev–Trinajstić information content (AvgIpc) is 2.82. The van der Waals surface area contributed by atoms with Crippen LogP contribution in [0.4, 0.5) is 11.6 Å². The molecule has 1 aliphatic rings. The minimum atomic E-state index is -0.0662. The first-order valence-electron chi connectivity index (χ1n) is 8.21. The summed E-state index contributed by atoms with van der Waals surface area (Å²) in [5.41, 5.74) is 2.37. The quantitative estimate of drug-likeness (QED) is 0.787. The summed E-state index contributed by atoms with van der Waals surface area (Å²) in [6.45, 7) is 13.2. The fourth-order valence-corrected chi connectivity index (χ4v) is 2.78. The molecule has 1 atom stereocenters. The van der Waals surface area contributed by atoms with E-state index in [1.807, 2.05) is 32.9 Å². The SMILES string of the molecule is C.[C-]#[N+]c1ccc2nc(NC(=O)[C@@H](C)C(C)C)n(C3CCC3)c2c1. The number of fused-ring (bicyclic) bond motifs is 1. The summed E-state index contributed by atoms with van der Waals surface area (Å²) in [5, 5.41) is 3.00. The number of imidazole rings is 1. The average molecular weight is 326 g/mol. The van der Waals surface area contributed by atoms with Gasteiger partial charge in [0.25, 0.3) is 0 Å². The van der Waals surface area contributed by atoms with E-state index in [1.54, 1.807) is 6.07 Å². The second kappa shape index (κ2) is 7.04. The van der Waals surface area contributed by atoms with Gasteiger partial charge in [-0.05, 0) is 37.3 Å². The smallest absolute Gasteiger partial charge is 0.229 e. The molecule has 1 aromatic heterocycles. The fourth-order valence-electron chi connectivity index (χ4n) is 2.78. The van der Waals surface area contributed by atoms with Crippen molar-refractivity contribution in [3.05, 3.63) is 29.6 Å². The highest BCUT2D eigenvalue weighted by atomic mass is 16.2. The molecular formula is C19H26N4O. The lowest BCUT2D eigenvalue weighted by atomic mass is 9.92. The lowest BCUT2D eigenvalue weighted by molar-refractivity contribution is -0.120. The molecular weight excluding hydrogens is 300 g/mol. The Kier molecular flexibility index (Phi) is 5.28. The van der Waals surface area contributed by atoms with Crippen molar-refractivity contribution in [1.82, 2.24) is 9.55 Å². The molecule has 2 aromatic rings. The van der Waals surface area contributed by atoms with Gasteiger partial charge in [-0.1, -0.05) is 34.3 Å². The molecule has 0 radical (unpaired) electrons. The molecule has 0 unspecified atom stereocenters. The van der Waals surface area contributed by atoms with Gasteiger partial charge in [0.1, 0.15) is 0 Å². The van der Waals surface area contributed by atoms with E-state index in [-0.39, 0.29) is 25.2 Å². The van der Waals surface area contributed by atoms with Gasteiger partial charge in [-0.25, -0.2) is 9.83 Å². The molecule has 1 aromatic carbocycles. The number of carbonyl (C=O) groups is 1. The molecule has 5 heteroatoms. The van der Waals surface area contributed by atoms with Gasteiger partial charge >= 0.3 is 0 Å². The maximum absolute atomic E-state index is 12.4. The summed E-state index contributed by atoms with van der Waals surface area (Å²) < 4.78 is 2.11. The Morgan fingerprint density at radius 2 is 2.08 bits per heavy atom. The molecule has 1 fully saturated rings. The van der Waals surface area contributed by atoms with Gasteiger partial charge in [0.05, 0.1) is 17.6 Å². The number of hydrogen-bond donors (Lipinski definition) is 1. The van der Waals surface area contributed by atoms with E-state index >= 15 is 0 Å². The number of benzene rings is 1. The van der Waals surface area contributed by atoms with Gasteiger partial charge in [-0.3, -0.25) is 10.1 Å². The van der Waals surface area contributed by atoms with Crippen LogP contribution >= 0.6 is 0 Å². The van der Waals surface area contributed by atoms with Crippen molar-refractivity contribution in [3.8, 4) is 0 Å². The van der Waals surface area contributed by atoms with Crippen molar-refractivity contribution in [2.75, 3.05) is 5.32 Å². The van der Waals surface area contributed by atoms with E-state index in [1.165, 1.54) is 6.42 Å². The number of amides is 1. The third-order valence-corrected chi connectivity index (χ3v) is 4.89. The summed E-state index contributed by atoms with van der Waals surface area (Å²) >= 11 is 0. The molecule has 0 aliphatic heterocycles. The van der Waals surface area contributed by atoms with E-state index in [0.29, 0.717) is 17.7 Å². The van der Waals surface area contributed by atoms with Crippen molar-refractivity contribution in [3.63, 3.8) is 0 Å². The van der Waals surface area contributed by atoms with Crippen LogP contribution in [0.15, 0.2) is 18.2 Å². The first kappa shape index (κ1) is 18.0. The fraction of sp³-hybridized carbons (Fsp3) is 0.526. The second-order valence-electron chi connectivity index (χ2n) is 6.70. The summed E-state index contributed by atoms with van der Waals surface area (Å²) in [5.74, 6) is 0.833. The number of aromatic nitrogens is 2. The first-order valence-corrected chi connectivity index (χ1v) is 8.21. The lowest BCUT2D eigenvalue weighted by Crippen LogP contribution is -2.27. The highest BCUT2D eigenvalue weighted by molar-refractivity contribution is 5.93. The Balaban J connectivity index is 0.00000208. The van der Waals surface area contributed by atoms with E-state index < -0.39 is 0 Å². The molecule has 0 bridgehead atoms. The molecule has 3 rings (SSSR count). The van der Waals surface area contributed by atoms with Crippen molar-refractivity contribution >= 4 is 28.6 Å². The van der Waals surface area contributed by atoms with Gasteiger partial charge in [-0.2, -0.15) is 0 Å². The van der Waals surface area contributed by atoms with Crippen LogP contribution in [0.1, 0.15) is 53.5 Å². The molecule has 1 aliphatic carbocycles. The summed E-state index contributed by atoms with van der Waals surface area (Å²) in [4.78, 5) is 20.5. The van der Waals surface area contributed by atoms with Crippen LogP contribution in [0.2, 0.25) is 0 Å². The number of nitrogens with zero attached hydrogens (tertiary/aromatic N) is 3. The van der Waals surface area contributed by atoms with Crippen LogP contribution in [0.3, 0.4) is 0 Å². The number of anilines is 1. The molecule has 128 valence electrons. The Hall–Kier alpha value is -2.35. The van der Waals surface area contributed by atoms with Crippen LogP contribution in [0.25, 0.3) is 15.9 Å². The maximum atomic E-state index is 12.4. The summed E-state index contributed by atoms with van der Waals surface area (Å²) in [6, 6.07) is 5.87. The molecule has 1 saturated carbocycles. The highest BCUT2D eigenvalue weighted by Crippen LogP contribution is 2.38. The molecule has 24 heavy (non-hydrogen) atoms. The van der Waals surface area contributed by atoms with Gasteiger partial charge in [-0.15, -0.1) is 0 Å². The van der Waals surface area contributed by atoms with Crippen LogP contribution in [0, 0.1) is 18.4 Å². The molecule has 5 nitrogen and oxygen atoms in total. The Morgan fingerprint density at radius 1 is 1.38 bits per heavy atom. The molecule has 0 spiro atoms. The minimum Gasteiger partial charge on any atom is -0.308 e. The minimum absolute atomic E-state index is 0. The zero-order valence-corrected chi connectivity index (χ0v) is 13.8. The van der Waals surface area contributed by atoms with E-state index in [9.17, 15) is 4.79 Å². The monoisotopic (exact) mass is 326 g/mol. The Morgan fingerprint density at radius 3 is 2.62 bits per heavy atom. The Bertz CT molecular complexity index is 780. The van der Waals surface area contributed by atoms with Gasteiger partial charge in [0, 0.05) is 12.0 Å². The van der Waals surface area contributed by atoms with E-state index in [4.69, 9.17) is 6.57 Å².